The number of nitrogens with one attached hydrogen (secondary N) is 1. The van der Waals surface area contributed by atoms with Gasteiger partial charge in [-0.3, -0.25) is 0 Å². The van der Waals surface area contributed by atoms with E-state index in [-0.39, 0.29) is 13.2 Å². The number of fused-ring (bicyclic) bond motifs is 1. The molecule has 1 unspecified atom stereocenters. The first kappa shape index (κ1) is 26.6. The molecule has 0 spiro atoms. The zero-order valence-electron chi connectivity index (χ0n) is 21.4. The Bertz CT molecular complexity index is 1520. The smallest absolute Gasteiger partial charge is 0.338 e. The van der Waals surface area contributed by atoms with Crippen molar-refractivity contribution in [3.63, 3.8) is 0 Å². The highest BCUT2D eigenvalue weighted by molar-refractivity contribution is 6.42. The highest BCUT2D eigenvalue weighted by Crippen LogP contribution is 2.41. The molecule has 0 amide bonds. The van der Waals surface area contributed by atoms with Crippen molar-refractivity contribution in [3.05, 3.63) is 105 Å². The van der Waals surface area contributed by atoms with Crippen LogP contribution in [-0.4, -0.2) is 33.9 Å². The molecule has 0 bridgehead atoms. The van der Waals surface area contributed by atoms with E-state index < -0.39 is 12.0 Å². The van der Waals surface area contributed by atoms with Crippen LogP contribution in [0.1, 0.15) is 36.6 Å². The molecule has 39 heavy (non-hydrogen) atoms. The molecule has 0 saturated carbocycles. The fraction of sp³-hybridized carbons (Fsp3) is 0.207. The lowest BCUT2D eigenvalue weighted by molar-refractivity contribution is -0.138. The average molecular weight is 565 g/mol. The van der Waals surface area contributed by atoms with Crippen molar-refractivity contribution in [1.82, 2.24) is 14.8 Å². The Labute approximate surface area is 236 Å². The van der Waals surface area contributed by atoms with E-state index in [0.717, 1.165) is 16.7 Å². The molecule has 1 aliphatic heterocycles. The predicted molar refractivity (Wildman–Crippen MR) is 150 cm³/mol. The number of aromatic nitrogens is 3. The van der Waals surface area contributed by atoms with Crippen molar-refractivity contribution >= 4 is 40.8 Å². The minimum atomic E-state index is -0.624. The summed E-state index contributed by atoms with van der Waals surface area (Å²) < 4.78 is 19.2. The van der Waals surface area contributed by atoms with Gasteiger partial charge in [0.2, 0.25) is 5.95 Å². The van der Waals surface area contributed by atoms with Crippen LogP contribution < -0.4 is 14.8 Å². The summed E-state index contributed by atoms with van der Waals surface area (Å²) in [5, 5.41) is 8.64. The number of hydrogen-bond donors (Lipinski definition) is 1. The summed E-state index contributed by atoms with van der Waals surface area (Å²) in [4.78, 5) is 17.8. The number of anilines is 1. The van der Waals surface area contributed by atoms with Gasteiger partial charge < -0.3 is 19.5 Å². The number of ether oxygens (including phenoxy) is 3. The SMILES string of the molecule is CCOC(=O)C1=C(c2ccccc2)Nc2ncnn2C1c1ccc(OCc2ccc(Cl)c(Cl)c2)c(OCC)c1. The van der Waals surface area contributed by atoms with Gasteiger partial charge in [0.1, 0.15) is 19.0 Å². The number of benzene rings is 3. The number of hydrogen-bond acceptors (Lipinski definition) is 7. The van der Waals surface area contributed by atoms with Gasteiger partial charge in [-0.15, -0.1) is 0 Å². The van der Waals surface area contributed by atoms with E-state index in [4.69, 9.17) is 37.4 Å². The van der Waals surface area contributed by atoms with E-state index >= 15 is 0 Å². The second kappa shape index (κ2) is 11.8. The zero-order chi connectivity index (χ0) is 27.4. The van der Waals surface area contributed by atoms with Gasteiger partial charge in [0.25, 0.3) is 0 Å². The summed E-state index contributed by atoms with van der Waals surface area (Å²) in [6, 6.07) is 19.9. The first-order chi connectivity index (χ1) is 19.0. The lowest BCUT2D eigenvalue weighted by Crippen LogP contribution is -2.30. The number of carbonyl (C=O) groups is 1. The second-order valence-electron chi connectivity index (χ2n) is 8.61. The largest absolute Gasteiger partial charge is 0.490 e. The molecule has 0 radical (unpaired) electrons. The van der Waals surface area contributed by atoms with E-state index in [2.05, 4.69) is 15.4 Å². The Kier molecular flexibility index (Phi) is 8.05. The van der Waals surface area contributed by atoms with Gasteiger partial charge in [0.15, 0.2) is 11.5 Å². The van der Waals surface area contributed by atoms with E-state index in [1.807, 2.05) is 61.5 Å². The Hall–Kier alpha value is -4.01. The fourth-order valence-electron chi connectivity index (χ4n) is 4.40. The molecule has 5 rings (SSSR count). The molecular formula is C29H26Cl2N4O4. The number of carbonyl (C=O) groups excluding carboxylic acids is 1. The van der Waals surface area contributed by atoms with Crippen LogP contribution in [-0.2, 0) is 16.1 Å². The highest BCUT2D eigenvalue weighted by atomic mass is 35.5. The maximum absolute atomic E-state index is 13.4. The number of rotatable bonds is 9. The second-order valence-corrected chi connectivity index (χ2v) is 9.42. The fourth-order valence-corrected chi connectivity index (χ4v) is 4.72. The van der Waals surface area contributed by atoms with Crippen LogP contribution in [0.25, 0.3) is 5.70 Å². The standard InChI is InChI=1S/C29H26Cl2N4O4/c1-3-37-24-15-20(11-13-23(24)39-16-18-10-12-21(30)22(31)14-18)27-25(28(36)38-4-2)26(19-8-6-5-7-9-19)34-29-32-17-33-35(27)29/h5-15,17,27H,3-4,16H2,1-2H3,(H,32,33,34). The van der Waals surface area contributed by atoms with Crippen molar-refractivity contribution in [1.29, 1.82) is 0 Å². The van der Waals surface area contributed by atoms with Crippen molar-refractivity contribution < 1.29 is 19.0 Å². The molecule has 1 N–H and O–H groups in total. The van der Waals surface area contributed by atoms with Crippen molar-refractivity contribution in [3.8, 4) is 11.5 Å². The summed E-state index contributed by atoms with van der Waals surface area (Å²) in [6.45, 7) is 4.59. The number of nitrogens with zero attached hydrogens (tertiary/aromatic N) is 3. The van der Waals surface area contributed by atoms with Crippen LogP contribution in [0, 0.1) is 0 Å². The van der Waals surface area contributed by atoms with Gasteiger partial charge in [0, 0.05) is 0 Å². The summed E-state index contributed by atoms with van der Waals surface area (Å²) in [5.41, 5.74) is 3.46. The Morgan fingerprint density at radius 3 is 2.51 bits per heavy atom. The van der Waals surface area contributed by atoms with Gasteiger partial charge in [-0.25, -0.2) is 9.48 Å². The van der Waals surface area contributed by atoms with Gasteiger partial charge in [-0.05, 0) is 54.8 Å². The molecule has 0 saturated heterocycles. The van der Waals surface area contributed by atoms with E-state index in [9.17, 15) is 4.79 Å². The highest BCUT2D eigenvalue weighted by Gasteiger charge is 2.36. The van der Waals surface area contributed by atoms with Crippen LogP contribution in [0.15, 0.2) is 78.6 Å². The minimum Gasteiger partial charge on any atom is -0.490 e. The van der Waals surface area contributed by atoms with Crippen molar-refractivity contribution in [2.45, 2.75) is 26.5 Å². The molecule has 200 valence electrons. The molecule has 1 aromatic heterocycles. The molecule has 10 heteroatoms. The molecule has 0 aliphatic carbocycles. The molecule has 1 aliphatic rings. The third kappa shape index (κ3) is 5.57. The van der Waals surface area contributed by atoms with Crippen LogP contribution in [0.2, 0.25) is 10.0 Å². The van der Waals surface area contributed by atoms with Crippen LogP contribution in [0.3, 0.4) is 0 Å². The van der Waals surface area contributed by atoms with Gasteiger partial charge in [-0.2, -0.15) is 10.1 Å². The summed E-state index contributed by atoms with van der Waals surface area (Å²) in [6.07, 6.45) is 1.45. The molecule has 8 nitrogen and oxygen atoms in total. The summed E-state index contributed by atoms with van der Waals surface area (Å²) in [5.74, 6) is 1.13. The maximum Gasteiger partial charge on any atom is 0.338 e. The Morgan fingerprint density at radius 2 is 1.77 bits per heavy atom. The molecule has 2 heterocycles. The quantitative estimate of drug-likeness (QED) is 0.230. The van der Waals surface area contributed by atoms with Crippen LogP contribution in [0.4, 0.5) is 5.95 Å². The topological polar surface area (TPSA) is 87.5 Å². The van der Waals surface area contributed by atoms with Crippen LogP contribution >= 0.6 is 23.2 Å². The first-order valence-corrected chi connectivity index (χ1v) is 13.2. The minimum absolute atomic E-state index is 0.229. The molecular weight excluding hydrogens is 539 g/mol. The molecule has 3 aromatic carbocycles. The van der Waals surface area contributed by atoms with Crippen LogP contribution in [0.5, 0.6) is 11.5 Å². The third-order valence-electron chi connectivity index (χ3n) is 6.12. The van der Waals surface area contributed by atoms with Gasteiger partial charge in [-0.1, -0.05) is 65.7 Å². The zero-order valence-corrected chi connectivity index (χ0v) is 22.9. The normalized spacial score (nSPS) is 14.4. The van der Waals surface area contributed by atoms with Gasteiger partial charge in [0.05, 0.1) is 34.5 Å². The number of halogens is 2. The van der Waals surface area contributed by atoms with Crippen molar-refractivity contribution in [2.75, 3.05) is 18.5 Å². The lowest BCUT2D eigenvalue weighted by Gasteiger charge is -2.30. The van der Waals surface area contributed by atoms with E-state index in [0.29, 0.717) is 45.4 Å². The third-order valence-corrected chi connectivity index (χ3v) is 6.86. The lowest BCUT2D eigenvalue weighted by atomic mass is 9.92. The Balaban J connectivity index is 1.57. The average Bonchev–Trinajstić information content (AvgIpc) is 3.42. The predicted octanol–water partition coefficient (Wildman–Crippen LogP) is 6.55. The monoisotopic (exact) mass is 564 g/mol. The van der Waals surface area contributed by atoms with E-state index in [1.54, 1.807) is 23.7 Å². The molecule has 0 fully saturated rings. The van der Waals surface area contributed by atoms with Crippen molar-refractivity contribution in [2.24, 2.45) is 0 Å². The Morgan fingerprint density at radius 1 is 0.949 bits per heavy atom. The van der Waals surface area contributed by atoms with E-state index in [1.165, 1.54) is 6.33 Å². The molecule has 4 aromatic rings. The number of esters is 1. The van der Waals surface area contributed by atoms with Gasteiger partial charge >= 0.3 is 5.97 Å². The maximum atomic E-state index is 13.4. The summed E-state index contributed by atoms with van der Waals surface area (Å²) >= 11 is 12.2. The molecule has 1 atom stereocenters. The summed E-state index contributed by atoms with van der Waals surface area (Å²) in [7, 11) is 0. The first-order valence-electron chi connectivity index (χ1n) is 12.5.